The van der Waals surface area contributed by atoms with Gasteiger partial charge in [0.15, 0.2) is 0 Å². The summed E-state index contributed by atoms with van der Waals surface area (Å²) in [5.41, 5.74) is 1.43. The van der Waals surface area contributed by atoms with E-state index in [0.29, 0.717) is 12.1 Å². The van der Waals surface area contributed by atoms with Crippen LogP contribution in [0.3, 0.4) is 0 Å². The standard InChI is InChI=1S/C22H20FN3O2/c23-18-11-4-12-19(26-21(27)17-10-6-13-24-15-17)20(18)22(28)25-14-5-9-16-7-2-1-3-8-16/h1-4,6-8,10-13,15H,5,9,14H2,(H,25,28)(H,26,27). The summed E-state index contributed by atoms with van der Waals surface area (Å²) in [6, 6.07) is 17.3. The molecule has 0 bridgehead atoms. The van der Waals surface area contributed by atoms with Crippen molar-refractivity contribution in [3.63, 3.8) is 0 Å². The molecule has 0 unspecified atom stereocenters. The lowest BCUT2D eigenvalue weighted by Gasteiger charge is -2.12. The van der Waals surface area contributed by atoms with Crippen LogP contribution < -0.4 is 10.6 Å². The minimum Gasteiger partial charge on any atom is -0.352 e. The monoisotopic (exact) mass is 377 g/mol. The van der Waals surface area contributed by atoms with Crippen molar-refractivity contribution in [3.05, 3.63) is 95.6 Å². The van der Waals surface area contributed by atoms with Crippen molar-refractivity contribution in [1.29, 1.82) is 0 Å². The van der Waals surface area contributed by atoms with E-state index in [1.807, 2.05) is 30.3 Å². The summed E-state index contributed by atoms with van der Waals surface area (Å²) in [5, 5.41) is 5.31. The predicted molar refractivity (Wildman–Crippen MR) is 106 cm³/mol. The van der Waals surface area contributed by atoms with Crippen molar-refractivity contribution in [2.75, 3.05) is 11.9 Å². The number of halogens is 1. The summed E-state index contributed by atoms with van der Waals surface area (Å²) in [4.78, 5) is 28.7. The van der Waals surface area contributed by atoms with Gasteiger partial charge in [0.05, 0.1) is 16.8 Å². The van der Waals surface area contributed by atoms with Crippen molar-refractivity contribution < 1.29 is 14.0 Å². The van der Waals surface area contributed by atoms with Crippen molar-refractivity contribution in [1.82, 2.24) is 10.3 Å². The largest absolute Gasteiger partial charge is 0.352 e. The molecule has 6 heteroatoms. The highest BCUT2D eigenvalue weighted by Crippen LogP contribution is 2.20. The van der Waals surface area contributed by atoms with Gasteiger partial charge < -0.3 is 10.6 Å². The molecule has 0 aliphatic heterocycles. The molecule has 1 aromatic heterocycles. The summed E-state index contributed by atoms with van der Waals surface area (Å²) in [6.45, 7) is 0.401. The van der Waals surface area contributed by atoms with E-state index in [1.165, 1.54) is 30.0 Å². The number of hydrogen-bond donors (Lipinski definition) is 2. The van der Waals surface area contributed by atoms with Crippen LogP contribution in [0.15, 0.2) is 73.1 Å². The van der Waals surface area contributed by atoms with Gasteiger partial charge in [-0.15, -0.1) is 0 Å². The van der Waals surface area contributed by atoms with Crippen LogP contribution in [0.1, 0.15) is 32.7 Å². The maximum atomic E-state index is 14.3. The van der Waals surface area contributed by atoms with Gasteiger partial charge in [-0.1, -0.05) is 36.4 Å². The minimum absolute atomic E-state index is 0.120. The Kier molecular flexibility index (Phi) is 6.46. The van der Waals surface area contributed by atoms with Gasteiger partial charge >= 0.3 is 0 Å². The summed E-state index contributed by atoms with van der Waals surface area (Å²) >= 11 is 0. The first-order chi connectivity index (χ1) is 13.6. The number of benzene rings is 2. The van der Waals surface area contributed by atoms with Gasteiger partial charge in [-0.2, -0.15) is 0 Å². The normalized spacial score (nSPS) is 10.3. The van der Waals surface area contributed by atoms with Gasteiger partial charge in [0.1, 0.15) is 5.82 Å². The van der Waals surface area contributed by atoms with Gasteiger partial charge in [0.25, 0.3) is 11.8 Å². The Morgan fingerprint density at radius 3 is 2.50 bits per heavy atom. The minimum atomic E-state index is -0.690. The van der Waals surface area contributed by atoms with E-state index < -0.39 is 17.6 Å². The molecular formula is C22H20FN3O2. The van der Waals surface area contributed by atoms with Crippen molar-refractivity contribution in [2.24, 2.45) is 0 Å². The Hall–Kier alpha value is -3.54. The van der Waals surface area contributed by atoms with E-state index in [2.05, 4.69) is 15.6 Å². The second-order valence-corrected chi connectivity index (χ2v) is 6.20. The zero-order valence-electron chi connectivity index (χ0n) is 15.2. The van der Waals surface area contributed by atoms with E-state index in [-0.39, 0.29) is 11.3 Å². The Labute approximate surface area is 162 Å². The molecule has 5 nitrogen and oxygen atoms in total. The molecule has 0 aliphatic rings. The van der Waals surface area contributed by atoms with Crippen LogP contribution in [0.5, 0.6) is 0 Å². The number of rotatable bonds is 7. The number of hydrogen-bond acceptors (Lipinski definition) is 3. The maximum Gasteiger partial charge on any atom is 0.257 e. The number of aromatic nitrogens is 1. The van der Waals surface area contributed by atoms with Crippen molar-refractivity contribution in [2.45, 2.75) is 12.8 Å². The quantitative estimate of drug-likeness (QED) is 0.615. The highest BCUT2D eigenvalue weighted by Gasteiger charge is 2.18. The summed E-state index contributed by atoms with van der Waals surface area (Å²) < 4.78 is 14.3. The van der Waals surface area contributed by atoms with E-state index in [4.69, 9.17) is 0 Å². The number of carbonyl (C=O) groups excluding carboxylic acids is 2. The maximum absolute atomic E-state index is 14.3. The third-order valence-corrected chi connectivity index (χ3v) is 4.18. The van der Waals surface area contributed by atoms with Crippen LogP contribution >= 0.6 is 0 Å². The van der Waals surface area contributed by atoms with Crippen LogP contribution in [0, 0.1) is 5.82 Å². The molecule has 142 valence electrons. The van der Waals surface area contributed by atoms with Gasteiger partial charge in [0, 0.05) is 18.9 Å². The molecule has 0 aliphatic carbocycles. The molecule has 0 saturated carbocycles. The fraction of sp³-hybridized carbons (Fsp3) is 0.136. The molecular weight excluding hydrogens is 357 g/mol. The molecule has 28 heavy (non-hydrogen) atoms. The fourth-order valence-electron chi connectivity index (χ4n) is 2.78. The second kappa shape index (κ2) is 9.41. The predicted octanol–water partition coefficient (Wildman–Crippen LogP) is 3.84. The molecule has 3 aromatic rings. The number of nitrogens with one attached hydrogen (secondary N) is 2. The molecule has 2 aromatic carbocycles. The molecule has 3 rings (SSSR count). The average Bonchev–Trinajstić information content (AvgIpc) is 2.72. The highest BCUT2D eigenvalue weighted by atomic mass is 19.1. The molecule has 1 heterocycles. The first-order valence-corrected chi connectivity index (χ1v) is 8.97. The van der Waals surface area contributed by atoms with Crippen LogP contribution in [0.2, 0.25) is 0 Å². The fourth-order valence-corrected chi connectivity index (χ4v) is 2.78. The van der Waals surface area contributed by atoms with Crippen molar-refractivity contribution >= 4 is 17.5 Å². The molecule has 0 spiro atoms. The molecule has 0 saturated heterocycles. The smallest absolute Gasteiger partial charge is 0.257 e. The summed E-state index contributed by atoms with van der Waals surface area (Å²) in [6.07, 6.45) is 4.48. The van der Waals surface area contributed by atoms with Gasteiger partial charge in [0.2, 0.25) is 0 Å². The number of carbonyl (C=O) groups is 2. The number of nitrogens with zero attached hydrogens (tertiary/aromatic N) is 1. The zero-order chi connectivity index (χ0) is 19.8. The van der Waals surface area contributed by atoms with Gasteiger partial charge in [-0.25, -0.2) is 4.39 Å². The van der Waals surface area contributed by atoms with Gasteiger partial charge in [-0.3, -0.25) is 14.6 Å². The third kappa shape index (κ3) is 5.01. The average molecular weight is 377 g/mol. The van der Waals surface area contributed by atoms with Crippen LogP contribution in [-0.4, -0.2) is 23.3 Å². The summed E-state index contributed by atoms with van der Waals surface area (Å²) in [5.74, 6) is -1.71. The molecule has 2 N–H and O–H groups in total. The van der Waals surface area contributed by atoms with E-state index in [1.54, 1.807) is 18.3 Å². The molecule has 2 amide bonds. The lowest BCUT2D eigenvalue weighted by atomic mass is 10.1. The lowest BCUT2D eigenvalue weighted by Crippen LogP contribution is -2.27. The number of aryl methyl sites for hydroxylation is 1. The Balaban J connectivity index is 1.64. The first-order valence-electron chi connectivity index (χ1n) is 8.97. The number of anilines is 1. The molecule has 0 fully saturated rings. The highest BCUT2D eigenvalue weighted by molar-refractivity contribution is 6.08. The van der Waals surface area contributed by atoms with Crippen molar-refractivity contribution in [3.8, 4) is 0 Å². The third-order valence-electron chi connectivity index (χ3n) is 4.18. The second-order valence-electron chi connectivity index (χ2n) is 6.20. The van der Waals surface area contributed by atoms with E-state index >= 15 is 0 Å². The Morgan fingerprint density at radius 1 is 0.929 bits per heavy atom. The summed E-state index contributed by atoms with van der Waals surface area (Å²) in [7, 11) is 0. The topological polar surface area (TPSA) is 71.1 Å². The molecule has 0 atom stereocenters. The van der Waals surface area contributed by atoms with Gasteiger partial charge in [-0.05, 0) is 42.7 Å². The zero-order valence-corrected chi connectivity index (χ0v) is 15.2. The Bertz CT molecular complexity index is 947. The molecule has 0 radical (unpaired) electrons. The number of amides is 2. The van der Waals surface area contributed by atoms with Crippen LogP contribution in [0.4, 0.5) is 10.1 Å². The van der Waals surface area contributed by atoms with Crippen LogP contribution in [0.25, 0.3) is 0 Å². The number of pyridine rings is 1. The lowest BCUT2D eigenvalue weighted by molar-refractivity contribution is 0.0950. The SMILES string of the molecule is O=C(Nc1cccc(F)c1C(=O)NCCCc1ccccc1)c1cccnc1. The van der Waals surface area contributed by atoms with E-state index in [9.17, 15) is 14.0 Å². The van der Waals surface area contributed by atoms with Crippen LogP contribution in [-0.2, 0) is 6.42 Å². The van der Waals surface area contributed by atoms with E-state index in [0.717, 1.165) is 12.8 Å². The first kappa shape index (κ1) is 19.2. The Morgan fingerprint density at radius 2 is 1.75 bits per heavy atom.